The zero-order chi connectivity index (χ0) is 22.5. The molecule has 0 spiro atoms. The molecule has 32 heavy (non-hydrogen) atoms. The lowest BCUT2D eigenvalue weighted by atomic mass is 9.97. The van der Waals surface area contributed by atoms with Gasteiger partial charge in [-0.2, -0.15) is 4.98 Å². The van der Waals surface area contributed by atoms with E-state index in [1.54, 1.807) is 18.2 Å². The fourth-order valence-corrected chi connectivity index (χ4v) is 3.87. The van der Waals surface area contributed by atoms with Crippen LogP contribution in [0.4, 0.5) is 11.4 Å². The Bertz CT molecular complexity index is 1090. The van der Waals surface area contributed by atoms with Crippen molar-refractivity contribution in [1.29, 1.82) is 0 Å². The van der Waals surface area contributed by atoms with Gasteiger partial charge >= 0.3 is 0 Å². The molecule has 166 valence electrons. The minimum atomic E-state index is -0.150. The second-order valence-corrected chi connectivity index (χ2v) is 8.21. The molecule has 1 saturated heterocycles. The molecule has 0 aliphatic carbocycles. The average Bonchev–Trinajstić information content (AvgIpc) is 3.22. The van der Waals surface area contributed by atoms with Gasteiger partial charge in [-0.1, -0.05) is 28.9 Å². The molecule has 0 radical (unpaired) electrons. The van der Waals surface area contributed by atoms with E-state index in [4.69, 9.17) is 4.52 Å². The van der Waals surface area contributed by atoms with Gasteiger partial charge in [0.15, 0.2) is 5.82 Å². The number of nitrogens with one attached hydrogen (secondary N) is 2. The molecule has 2 N–H and O–H groups in total. The number of carbonyl (C=O) groups is 2. The van der Waals surface area contributed by atoms with E-state index in [1.165, 1.54) is 12.5 Å². The molecule has 8 nitrogen and oxygen atoms in total. The van der Waals surface area contributed by atoms with Crippen LogP contribution in [0.25, 0.3) is 11.5 Å². The van der Waals surface area contributed by atoms with Crippen molar-refractivity contribution in [3.63, 3.8) is 0 Å². The molecular weight excluding hydrogens is 406 g/mol. The zero-order valence-corrected chi connectivity index (χ0v) is 18.3. The molecule has 2 amide bonds. The molecule has 3 aromatic rings. The molecule has 1 atom stereocenters. The van der Waals surface area contributed by atoms with E-state index in [-0.39, 0.29) is 17.7 Å². The molecule has 1 unspecified atom stereocenters. The first kappa shape index (κ1) is 21.7. The number of amides is 2. The summed E-state index contributed by atoms with van der Waals surface area (Å²) in [5.41, 5.74) is 3.39. The largest absolute Gasteiger partial charge is 0.334 e. The van der Waals surface area contributed by atoms with E-state index in [2.05, 4.69) is 25.7 Å². The van der Waals surface area contributed by atoms with Crippen molar-refractivity contribution in [2.75, 3.05) is 23.7 Å². The number of piperidine rings is 1. The summed E-state index contributed by atoms with van der Waals surface area (Å²) < 4.78 is 5.43. The molecule has 1 aliphatic heterocycles. The molecule has 1 aromatic heterocycles. The first-order chi connectivity index (χ1) is 15.5. The van der Waals surface area contributed by atoms with Crippen LogP contribution in [0.15, 0.2) is 53.1 Å². The lowest BCUT2D eigenvalue weighted by Gasteiger charge is -2.31. The smallest absolute Gasteiger partial charge is 0.257 e. The van der Waals surface area contributed by atoms with E-state index in [9.17, 15) is 9.59 Å². The third-order valence-corrected chi connectivity index (χ3v) is 5.46. The van der Waals surface area contributed by atoms with Gasteiger partial charge in [0.1, 0.15) is 0 Å². The molecule has 0 saturated carbocycles. The Morgan fingerprint density at radius 1 is 1.12 bits per heavy atom. The average molecular weight is 434 g/mol. The number of aryl methyl sites for hydroxylation is 1. The van der Waals surface area contributed by atoms with Crippen LogP contribution in [-0.4, -0.2) is 39.9 Å². The van der Waals surface area contributed by atoms with Gasteiger partial charge in [-0.3, -0.25) is 14.5 Å². The summed E-state index contributed by atoms with van der Waals surface area (Å²) in [6.45, 7) is 5.54. The monoisotopic (exact) mass is 433 g/mol. The van der Waals surface area contributed by atoms with Gasteiger partial charge in [0.25, 0.3) is 5.89 Å². The first-order valence-electron chi connectivity index (χ1n) is 10.8. The van der Waals surface area contributed by atoms with Crippen molar-refractivity contribution < 1.29 is 14.1 Å². The van der Waals surface area contributed by atoms with E-state index in [1.807, 2.05) is 37.3 Å². The summed E-state index contributed by atoms with van der Waals surface area (Å²) in [5, 5.41) is 9.82. The number of carbonyl (C=O) groups excluding carboxylic acids is 2. The Morgan fingerprint density at radius 2 is 1.88 bits per heavy atom. The molecule has 0 bridgehead atoms. The van der Waals surface area contributed by atoms with Gasteiger partial charge in [0, 0.05) is 30.4 Å². The molecule has 8 heteroatoms. The number of rotatable bonds is 6. The van der Waals surface area contributed by atoms with Crippen LogP contribution in [0.5, 0.6) is 0 Å². The maximum atomic E-state index is 12.8. The van der Waals surface area contributed by atoms with Crippen molar-refractivity contribution in [3.05, 3.63) is 59.9 Å². The number of aromatic nitrogens is 2. The van der Waals surface area contributed by atoms with Crippen LogP contribution in [-0.2, 0) is 16.1 Å². The Morgan fingerprint density at radius 3 is 2.62 bits per heavy atom. The van der Waals surface area contributed by atoms with Gasteiger partial charge < -0.3 is 15.2 Å². The second-order valence-electron chi connectivity index (χ2n) is 8.21. The van der Waals surface area contributed by atoms with Gasteiger partial charge in [0.05, 0.1) is 12.5 Å². The number of hydrogen-bond donors (Lipinski definition) is 2. The van der Waals surface area contributed by atoms with Crippen LogP contribution >= 0.6 is 0 Å². The van der Waals surface area contributed by atoms with Gasteiger partial charge in [-0.05, 0) is 56.6 Å². The summed E-state index contributed by atoms with van der Waals surface area (Å²) >= 11 is 0. The van der Waals surface area contributed by atoms with Gasteiger partial charge in [-0.25, -0.2) is 0 Å². The van der Waals surface area contributed by atoms with Crippen molar-refractivity contribution >= 4 is 23.2 Å². The van der Waals surface area contributed by atoms with Crippen LogP contribution in [0.3, 0.4) is 0 Å². The van der Waals surface area contributed by atoms with Crippen LogP contribution in [0.1, 0.15) is 31.2 Å². The van der Waals surface area contributed by atoms with E-state index < -0.39 is 0 Å². The van der Waals surface area contributed by atoms with Gasteiger partial charge in [-0.15, -0.1) is 0 Å². The SMILES string of the molecule is CC(=O)Nc1cccc(NC(=O)C2CCCN(Cc3noc(-c4ccc(C)cc4)n3)C2)c1. The van der Waals surface area contributed by atoms with Crippen molar-refractivity contribution in [1.82, 2.24) is 15.0 Å². The Kier molecular flexibility index (Phi) is 6.61. The highest BCUT2D eigenvalue weighted by Crippen LogP contribution is 2.23. The number of anilines is 2. The lowest BCUT2D eigenvalue weighted by Crippen LogP contribution is -2.40. The topological polar surface area (TPSA) is 100 Å². The lowest BCUT2D eigenvalue weighted by molar-refractivity contribution is -0.121. The highest BCUT2D eigenvalue weighted by Gasteiger charge is 2.27. The van der Waals surface area contributed by atoms with Crippen molar-refractivity contribution in [2.24, 2.45) is 5.92 Å². The quantitative estimate of drug-likeness (QED) is 0.612. The summed E-state index contributed by atoms with van der Waals surface area (Å²) in [4.78, 5) is 30.8. The molecule has 2 heterocycles. The third-order valence-electron chi connectivity index (χ3n) is 5.46. The van der Waals surface area contributed by atoms with E-state index in [0.717, 1.165) is 24.9 Å². The highest BCUT2D eigenvalue weighted by molar-refractivity contribution is 5.94. The number of benzene rings is 2. The standard InChI is InChI=1S/C24H27N5O3/c1-16-8-10-18(11-9-16)24-27-22(28-32-24)15-29-12-4-5-19(14-29)23(31)26-21-7-3-6-20(13-21)25-17(2)30/h3,6-11,13,19H,4-5,12,14-15H2,1-2H3,(H,25,30)(H,26,31). The van der Waals surface area contributed by atoms with E-state index in [0.29, 0.717) is 36.2 Å². The third kappa shape index (κ3) is 5.59. The summed E-state index contributed by atoms with van der Waals surface area (Å²) in [6, 6.07) is 15.1. The first-order valence-corrected chi connectivity index (χ1v) is 10.8. The molecular formula is C24H27N5O3. The minimum Gasteiger partial charge on any atom is -0.334 e. The Labute approximate surface area is 187 Å². The summed E-state index contributed by atoms with van der Waals surface area (Å²) in [7, 11) is 0. The predicted molar refractivity (Wildman–Crippen MR) is 122 cm³/mol. The summed E-state index contributed by atoms with van der Waals surface area (Å²) in [6.07, 6.45) is 1.75. The molecule has 1 aliphatic rings. The highest BCUT2D eigenvalue weighted by atomic mass is 16.5. The van der Waals surface area contributed by atoms with Crippen molar-refractivity contribution in [3.8, 4) is 11.5 Å². The summed E-state index contributed by atoms with van der Waals surface area (Å²) in [5.74, 6) is 0.818. The number of hydrogen-bond acceptors (Lipinski definition) is 6. The Hall–Kier alpha value is -3.52. The molecule has 1 fully saturated rings. The Balaban J connectivity index is 1.35. The minimum absolute atomic E-state index is 0.0249. The maximum absolute atomic E-state index is 12.8. The van der Waals surface area contributed by atoms with Crippen molar-refractivity contribution in [2.45, 2.75) is 33.2 Å². The number of nitrogens with zero attached hydrogens (tertiary/aromatic N) is 3. The van der Waals surface area contributed by atoms with Gasteiger partial charge in [0.2, 0.25) is 11.8 Å². The second kappa shape index (κ2) is 9.74. The fraction of sp³-hybridized carbons (Fsp3) is 0.333. The molecule has 2 aromatic carbocycles. The normalized spacial score (nSPS) is 16.5. The predicted octanol–water partition coefficient (Wildman–Crippen LogP) is 3.85. The van der Waals surface area contributed by atoms with E-state index >= 15 is 0 Å². The van der Waals surface area contributed by atoms with Crippen LogP contribution < -0.4 is 10.6 Å². The molecule has 4 rings (SSSR count). The fourth-order valence-electron chi connectivity index (χ4n) is 3.87. The zero-order valence-electron chi connectivity index (χ0n) is 18.3. The number of likely N-dealkylation sites (tertiary alicyclic amines) is 1. The van der Waals surface area contributed by atoms with Crippen LogP contribution in [0, 0.1) is 12.8 Å². The maximum Gasteiger partial charge on any atom is 0.257 e. The van der Waals surface area contributed by atoms with Crippen LogP contribution in [0.2, 0.25) is 0 Å².